The van der Waals surface area contributed by atoms with Gasteiger partial charge in [0.1, 0.15) is 0 Å². The Balaban J connectivity index is 1.43. The highest BCUT2D eigenvalue weighted by molar-refractivity contribution is 5.92. The Kier molecular flexibility index (Phi) is 5.17. The number of aromatic nitrogens is 6. The minimum Gasteiger partial charge on any atom is -0.326 e. The first-order valence-electron chi connectivity index (χ1n) is 10.1. The summed E-state index contributed by atoms with van der Waals surface area (Å²) in [5.41, 5.74) is 4.69. The molecule has 0 bridgehead atoms. The van der Waals surface area contributed by atoms with Gasteiger partial charge in [-0.05, 0) is 67.3 Å². The molecule has 0 aliphatic heterocycles. The van der Waals surface area contributed by atoms with E-state index in [1.165, 1.54) is 0 Å². The van der Waals surface area contributed by atoms with E-state index >= 15 is 0 Å². The third kappa shape index (κ3) is 4.21. The van der Waals surface area contributed by atoms with Crippen LogP contribution in [0.3, 0.4) is 0 Å². The van der Waals surface area contributed by atoms with Crippen molar-refractivity contribution in [1.29, 1.82) is 0 Å². The number of hydrogen-bond acceptors (Lipinski definition) is 5. The van der Waals surface area contributed by atoms with Gasteiger partial charge in [-0.25, -0.2) is 4.68 Å². The van der Waals surface area contributed by atoms with Crippen LogP contribution >= 0.6 is 0 Å². The van der Waals surface area contributed by atoms with E-state index in [9.17, 15) is 4.79 Å². The predicted octanol–water partition coefficient (Wildman–Crippen LogP) is 3.33. The third-order valence-electron chi connectivity index (χ3n) is 5.22. The summed E-state index contributed by atoms with van der Waals surface area (Å²) in [5.74, 6) is 1.24. The molecule has 1 saturated carbocycles. The minimum atomic E-state index is -0.0455. The van der Waals surface area contributed by atoms with Gasteiger partial charge in [0, 0.05) is 29.1 Å². The van der Waals surface area contributed by atoms with Gasteiger partial charge in [0.15, 0.2) is 5.82 Å². The number of aryl methyl sites for hydroxylation is 1. The summed E-state index contributed by atoms with van der Waals surface area (Å²) < 4.78 is 3.88. The molecule has 0 spiro atoms. The smallest absolute Gasteiger partial charge is 0.228 e. The number of carbonyl (C=O) groups excluding carboxylic acids is 1. The Morgan fingerprint density at radius 2 is 1.93 bits per heavy atom. The number of carbonyl (C=O) groups is 1. The van der Waals surface area contributed by atoms with Crippen molar-refractivity contribution in [2.45, 2.75) is 59.5 Å². The van der Waals surface area contributed by atoms with Crippen LogP contribution in [0, 0.1) is 19.8 Å². The summed E-state index contributed by atoms with van der Waals surface area (Å²) in [5, 5.41) is 19.6. The molecule has 0 radical (unpaired) electrons. The summed E-state index contributed by atoms with van der Waals surface area (Å²) in [6.07, 6.45) is 2.56. The molecular formula is C21H27N7O. The fourth-order valence-corrected chi connectivity index (χ4v) is 3.53. The Morgan fingerprint density at radius 1 is 1.21 bits per heavy atom. The first kappa shape index (κ1) is 19.3. The second kappa shape index (κ2) is 7.77. The van der Waals surface area contributed by atoms with Crippen LogP contribution in [0.4, 0.5) is 5.69 Å². The maximum absolute atomic E-state index is 12.6. The fraction of sp³-hybridized carbons (Fsp3) is 0.476. The molecule has 1 aliphatic rings. The average Bonchev–Trinajstić information content (AvgIpc) is 3.35. The van der Waals surface area contributed by atoms with Crippen molar-refractivity contribution in [2.24, 2.45) is 5.92 Å². The Labute approximate surface area is 170 Å². The van der Waals surface area contributed by atoms with Gasteiger partial charge in [-0.3, -0.25) is 9.48 Å². The normalized spacial score (nSPS) is 13.8. The number of rotatable bonds is 7. The zero-order valence-electron chi connectivity index (χ0n) is 17.4. The fourth-order valence-electron chi connectivity index (χ4n) is 3.53. The zero-order valence-corrected chi connectivity index (χ0v) is 17.4. The lowest BCUT2D eigenvalue weighted by atomic mass is 10.1. The second-order valence-corrected chi connectivity index (χ2v) is 8.21. The predicted molar refractivity (Wildman–Crippen MR) is 110 cm³/mol. The van der Waals surface area contributed by atoms with Gasteiger partial charge >= 0.3 is 0 Å². The lowest BCUT2D eigenvalue weighted by molar-refractivity contribution is -0.115. The minimum absolute atomic E-state index is 0.0455. The van der Waals surface area contributed by atoms with Crippen LogP contribution in [0.15, 0.2) is 24.3 Å². The van der Waals surface area contributed by atoms with E-state index in [0.717, 1.165) is 53.4 Å². The summed E-state index contributed by atoms with van der Waals surface area (Å²) in [7, 11) is 0. The quantitative estimate of drug-likeness (QED) is 0.665. The van der Waals surface area contributed by atoms with Gasteiger partial charge in [0.2, 0.25) is 5.91 Å². The molecule has 152 valence electrons. The molecule has 2 heterocycles. The van der Waals surface area contributed by atoms with E-state index in [-0.39, 0.29) is 5.91 Å². The lowest BCUT2D eigenvalue weighted by Crippen LogP contribution is -2.15. The van der Waals surface area contributed by atoms with Crippen LogP contribution < -0.4 is 5.32 Å². The highest BCUT2D eigenvalue weighted by atomic mass is 16.1. The van der Waals surface area contributed by atoms with Gasteiger partial charge in [0.25, 0.3) is 0 Å². The number of tetrazole rings is 1. The highest BCUT2D eigenvalue weighted by Gasteiger charge is 2.28. The molecule has 3 aromatic rings. The number of hydrogen-bond donors (Lipinski definition) is 1. The Morgan fingerprint density at radius 3 is 2.59 bits per heavy atom. The zero-order chi connectivity index (χ0) is 20.5. The van der Waals surface area contributed by atoms with E-state index in [2.05, 4.69) is 39.8 Å². The van der Waals surface area contributed by atoms with Gasteiger partial charge < -0.3 is 5.32 Å². The van der Waals surface area contributed by atoms with Crippen molar-refractivity contribution in [1.82, 2.24) is 30.0 Å². The van der Waals surface area contributed by atoms with Crippen molar-refractivity contribution in [3.63, 3.8) is 0 Å². The summed E-state index contributed by atoms with van der Waals surface area (Å²) in [4.78, 5) is 12.6. The number of nitrogens with zero attached hydrogens (tertiary/aromatic N) is 6. The standard InChI is InChI=1S/C21H27N7O/c1-13(2)12-27-15(4)19(14(3)24-27)11-20(29)22-17-7-5-16(6-8-17)21-23-25-26-28(21)18-9-10-18/h5-8,13,18H,9-12H2,1-4H3,(H,22,29). The summed E-state index contributed by atoms with van der Waals surface area (Å²) in [6, 6.07) is 8.08. The number of amides is 1. The number of nitrogens with one attached hydrogen (secondary N) is 1. The topological polar surface area (TPSA) is 90.5 Å². The second-order valence-electron chi connectivity index (χ2n) is 8.21. The number of anilines is 1. The third-order valence-corrected chi connectivity index (χ3v) is 5.22. The first-order chi connectivity index (χ1) is 13.9. The van der Waals surface area contributed by atoms with Crippen LogP contribution in [0.25, 0.3) is 11.4 Å². The van der Waals surface area contributed by atoms with E-state index in [0.29, 0.717) is 18.4 Å². The van der Waals surface area contributed by atoms with Crippen LogP contribution in [0.5, 0.6) is 0 Å². The molecule has 1 N–H and O–H groups in total. The van der Waals surface area contributed by atoms with Gasteiger partial charge in [0.05, 0.1) is 18.2 Å². The van der Waals surface area contributed by atoms with Crippen LogP contribution in [0.2, 0.25) is 0 Å². The van der Waals surface area contributed by atoms with Crippen molar-refractivity contribution < 1.29 is 4.79 Å². The molecule has 0 saturated heterocycles. The maximum Gasteiger partial charge on any atom is 0.228 e. The molecule has 8 nitrogen and oxygen atoms in total. The molecule has 4 rings (SSSR count). The van der Waals surface area contributed by atoms with Gasteiger partial charge in [-0.1, -0.05) is 13.8 Å². The summed E-state index contributed by atoms with van der Waals surface area (Å²) in [6.45, 7) is 9.18. The van der Waals surface area contributed by atoms with Crippen LogP contribution in [-0.4, -0.2) is 35.9 Å². The molecule has 29 heavy (non-hydrogen) atoms. The summed E-state index contributed by atoms with van der Waals surface area (Å²) >= 11 is 0. The molecule has 0 atom stereocenters. The van der Waals surface area contributed by atoms with Crippen molar-refractivity contribution >= 4 is 11.6 Å². The average molecular weight is 393 g/mol. The van der Waals surface area contributed by atoms with Crippen molar-refractivity contribution in [3.05, 3.63) is 41.2 Å². The van der Waals surface area contributed by atoms with Gasteiger partial charge in [-0.15, -0.1) is 5.10 Å². The molecule has 8 heteroatoms. The van der Waals surface area contributed by atoms with Crippen molar-refractivity contribution in [3.8, 4) is 11.4 Å². The van der Waals surface area contributed by atoms with E-state index in [1.807, 2.05) is 47.5 Å². The molecular weight excluding hydrogens is 366 g/mol. The van der Waals surface area contributed by atoms with Crippen LogP contribution in [0.1, 0.15) is 49.7 Å². The molecule has 1 fully saturated rings. The number of benzene rings is 1. The van der Waals surface area contributed by atoms with E-state index < -0.39 is 0 Å². The molecule has 0 unspecified atom stereocenters. The van der Waals surface area contributed by atoms with E-state index in [1.54, 1.807) is 0 Å². The SMILES string of the molecule is Cc1nn(CC(C)C)c(C)c1CC(=O)Nc1ccc(-c2nnnn2C2CC2)cc1. The monoisotopic (exact) mass is 393 g/mol. The highest BCUT2D eigenvalue weighted by Crippen LogP contribution is 2.36. The maximum atomic E-state index is 12.6. The first-order valence-corrected chi connectivity index (χ1v) is 10.1. The van der Waals surface area contributed by atoms with Crippen molar-refractivity contribution in [2.75, 3.05) is 5.32 Å². The Hall–Kier alpha value is -3.03. The molecule has 1 aliphatic carbocycles. The van der Waals surface area contributed by atoms with Crippen LogP contribution in [-0.2, 0) is 17.8 Å². The largest absolute Gasteiger partial charge is 0.326 e. The Bertz CT molecular complexity index is 1010. The molecule has 1 amide bonds. The molecule has 2 aromatic heterocycles. The molecule has 1 aromatic carbocycles. The lowest BCUT2D eigenvalue weighted by Gasteiger charge is -2.09. The van der Waals surface area contributed by atoms with Gasteiger partial charge in [-0.2, -0.15) is 5.10 Å². The van der Waals surface area contributed by atoms with E-state index in [4.69, 9.17) is 0 Å².